The van der Waals surface area contributed by atoms with Gasteiger partial charge in [0.1, 0.15) is 11.9 Å². The predicted octanol–water partition coefficient (Wildman–Crippen LogP) is 0.570. The zero-order valence-electron chi connectivity index (χ0n) is 12.8. The van der Waals surface area contributed by atoms with Crippen molar-refractivity contribution in [3.63, 3.8) is 0 Å². The van der Waals surface area contributed by atoms with Crippen molar-refractivity contribution in [1.82, 2.24) is 20.4 Å². The lowest BCUT2D eigenvalue weighted by Crippen LogP contribution is -2.41. The van der Waals surface area contributed by atoms with E-state index < -0.39 is 6.04 Å². The van der Waals surface area contributed by atoms with Crippen molar-refractivity contribution in [1.29, 1.82) is 0 Å². The summed E-state index contributed by atoms with van der Waals surface area (Å²) in [6.07, 6.45) is 0. The second-order valence-corrected chi connectivity index (χ2v) is 5.43. The minimum absolute atomic E-state index is 0.108. The molecule has 0 aliphatic carbocycles. The average molecular weight is 308 g/mol. The maximum Gasteiger partial charge on any atom is 0.317 e. The van der Waals surface area contributed by atoms with Crippen LogP contribution in [-0.2, 0) is 4.79 Å². The summed E-state index contributed by atoms with van der Waals surface area (Å²) >= 11 is 0. The van der Waals surface area contributed by atoms with E-state index in [2.05, 4.69) is 10.6 Å². The third kappa shape index (κ3) is 3.94. The van der Waals surface area contributed by atoms with Crippen molar-refractivity contribution >= 4 is 11.9 Å². The van der Waals surface area contributed by atoms with E-state index in [1.165, 1.54) is 12.1 Å². The Morgan fingerprint density at radius 2 is 2.27 bits per heavy atom. The molecule has 0 aromatic heterocycles. The molecule has 7 heteroatoms. The number of rotatable bonds is 6. The van der Waals surface area contributed by atoms with Gasteiger partial charge in [-0.2, -0.15) is 0 Å². The van der Waals surface area contributed by atoms with Gasteiger partial charge in [-0.15, -0.1) is 0 Å². The molecule has 1 aliphatic heterocycles. The Kier molecular flexibility index (Phi) is 5.32. The van der Waals surface area contributed by atoms with Crippen LogP contribution in [0.15, 0.2) is 24.3 Å². The largest absolute Gasteiger partial charge is 0.353 e. The van der Waals surface area contributed by atoms with Crippen molar-refractivity contribution in [3.8, 4) is 0 Å². The maximum atomic E-state index is 13.4. The van der Waals surface area contributed by atoms with Crippen LogP contribution in [0, 0.1) is 5.82 Å². The minimum Gasteiger partial charge on any atom is -0.353 e. The fourth-order valence-electron chi connectivity index (χ4n) is 2.50. The lowest BCUT2D eigenvalue weighted by molar-refractivity contribution is -0.125. The molecule has 0 saturated carbocycles. The standard InChI is InChI=1S/C15H21FN4O2/c1-19(2)13(11-4-3-5-12(16)10-11)14(21)17-6-8-20-9-7-18-15(20)22/h3-5,10,13H,6-9H2,1-2H3,(H,17,21)(H,18,22). The molecule has 1 aromatic rings. The van der Waals surface area contributed by atoms with Gasteiger partial charge in [0.25, 0.3) is 0 Å². The van der Waals surface area contributed by atoms with Crippen LogP contribution in [0.25, 0.3) is 0 Å². The molecular weight excluding hydrogens is 287 g/mol. The smallest absolute Gasteiger partial charge is 0.317 e. The SMILES string of the molecule is CN(C)C(C(=O)NCCN1CCNC1=O)c1cccc(F)c1. The van der Waals surface area contributed by atoms with Crippen LogP contribution in [0.1, 0.15) is 11.6 Å². The topological polar surface area (TPSA) is 64.7 Å². The van der Waals surface area contributed by atoms with Gasteiger partial charge in [-0.3, -0.25) is 9.69 Å². The average Bonchev–Trinajstić information content (AvgIpc) is 2.84. The van der Waals surface area contributed by atoms with Gasteiger partial charge in [-0.25, -0.2) is 9.18 Å². The molecule has 1 unspecified atom stereocenters. The number of hydrogen-bond donors (Lipinski definition) is 2. The van der Waals surface area contributed by atoms with Crippen LogP contribution in [-0.4, -0.2) is 62.0 Å². The van der Waals surface area contributed by atoms with Crippen molar-refractivity contribution < 1.29 is 14.0 Å². The van der Waals surface area contributed by atoms with E-state index in [1.54, 1.807) is 36.0 Å². The summed E-state index contributed by atoms with van der Waals surface area (Å²) in [6.45, 7) is 2.11. The summed E-state index contributed by atoms with van der Waals surface area (Å²) in [4.78, 5) is 27.1. The van der Waals surface area contributed by atoms with Gasteiger partial charge in [0.05, 0.1) is 0 Å². The number of likely N-dealkylation sites (N-methyl/N-ethyl adjacent to an activating group) is 1. The molecule has 0 bridgehead atoms. The number of hydrogen-bond acceptors (Lipinski definition) is 3. The minimum atomic E-state index is -0.567. The molecule has 1 heterocycles. The molecule has 120 valence electrons. The lowest BCUT2D eigenvalue weighted by atomic mass is 10.1. The molecule has 22 heavy (non-hydrogen) atoms. The van der Waals surface area contributed by atoms with E-state index in [4.69, 9.17) is 0 Å². The number of amides is 3. The quantitative estimate of drug-likeness (QED) is 0.807. The summed E-state index contributed by atoms with van der Waals surface area (Å²) < 4.78 is 13.4. The first-order chi connectivity index (χ1) is 10.5. The first-order valence-corrected chi connectivity index (χ1v) is 7.21. The monoisotopic (exact) mass is 308 g/mol. The highest BCUT2D eigenvalue weighted by atomic mass is 19.1. The van der Waals surface area contributed by atoms with Crippen molar-refractivity contribution in [2.24, 2.45) is 0 Å². The number of urea groups is 1. The third-order valence-corrected chi connectivity index (χ3v) is 3.56. The number of carbonyl (C=O) groups excluding carboxylic acids is 2. The van der Waals surface area contributed by atoms with Crippen LogP contribution in [0.3, 0.4) is 0 Å². The Morgan fingerprint density at radius 1 is 1.50 bits per heavy atom. The van der Waals surface area contributed by atoms with E-state index >= 15 is 0 Å². The Labute approximate surface area is 129 Å². The molecule has 1 fully saturated rings. The van der Waals surface area contributed by atoms with Crippen molar-refractivity contribution in [3.05, 3.63) is 35.6 Å². The van der Waals surface area contributed by atoms with Crippen LogP contribution in [0.2, 0.25) is 0 Å². The van der Waals surface area contributed by atoms with Crippen molar-refractivity contribution in [2.45, 2.75) is 6.04 Å². The van der Waals surface area contributed by atoms with Gasteiger partial charge >= 0.3 is 6.03 Å². The second kappa shape index (κ2) is 7.22. The maximum absolute atomic E-state index is 13.4. The Hall–Kier alpha value is -2.15. The lowest BCUT2D eigenvalue weighted by Gasteiger charge is -2.24. The van der Waals surface area contributed by atoms with Crippen LogP contribution in [0.5, 0.6) is 0 Å². The Morgan fingerprint density at radius 3 is 2.86 bits per heavy atom. The van der Waals surface area contributed by atoms with Crippen LogP contribution >= 0.6 is 0 Å². The van der Waals surface area contributed by atoms with Crippen molar-refractivity contribution in [2.75, 3.05) is 40.3 Å². The zero-order valence-corrected chi connectivity index (χ0v) is 12.8. The van der Waals surface area contributed by atoms with Crippen LogP contribution in [0.4, 0.5) is 9.18 Å². The van der Waals surface area contributed by atoms with E-state index in [1.807, 2.05) is 0 Å². The predicted molar refractivity (Wildman–Crippen MR) is 80.8 cm³/mol. The normalized spacial score (nSPS) is 15.8. The number of carbonyl (C=O) groups is 2. The van der Waals surface area contributed by atoms with Gasteiger partial charge in [0.15, 0.2) is 0 Å². The molecule has 2 N–H and O–H groups in total. The van der Waals surface area contributed by atoms with E-state index in [9.17, 15) is 14.0 Å². The molecule has 3 amide bonds. The second-order valence-electron chi connectivity index (χ2n) is 5.43. The molecule has 6 nitrogen and oxygen atoms in total. The Balaban J connectivity index is 1.94. The molecule has 0 radical (unpaired) electrons. The first kappa shape index (κ1) is 16.2. The molecule has 2 rings (SSSR count). The van der Waals surface area contributed by atoms with Gasteiger partial charge in [-0.05, 0) is 31.8 Å². The van der Waals surface area contributed by atoms with E-state index in [0.717, 1.165) is 0 Å². The van der Waals surface area contributed by atoms with E-state index in [0.29, 0.717) is 31.7 Å². The molecule has 1 atom stereocenters. The molecule has 1 aromatic carbocycles. The molecule has 1 aliphatic rings. The molecule has 0 spiro atoms. The summed E-state index contributed by atoms with van der Waals surface area (Å²) in [5, 5.41) is 5.51. The number of nitrogens with zero attached hydrogens (tertiary/aromatic N) is 2. The number of halogens is 1. The molecule has 1 saturated heterocycles. The zero-order chi connectivity index (χ0) is 16.1. The first-order valence-electron chi connectivity index (χ1n) is 7.21. The fourth-order valence-corrected chi connectivity index (χ4v) is 2.50. The third-order valence-electron chi connectivity index (χ3n) is 3.56. The van der Waals surface area contributed by atoms with Gasteiger partial charge < -0.3 is 15.5 Å². The highest BCUT2D eigenvalue weighted by molar-refractivity contribution is 5.83. The van der Waals surface area contributed by atoms with Gasteiger partial charge in [-0.1, -0.05) is 12.1 Å². The van der Waals surface area contributed by atoms with Gasteiger partial charge in [0, 0.05) is 26.2 Å². The summed E-state index contributed by atoms with van der Waals surface area (Å²) in [5.41, 5.74) is 0.599. The van der Waals surface area contributed by atoms with E-state index in [-0.39, 0.29) is 17.8 Å². The fraction of sp³-hybridized carbons (Fsp3) is 0.467. The highest BCUT2D eigenvalue weighted by Gasteiger charge is 2.24. The number of nitrogens with one attached hydrogen (secondary N) is 2. The van der Waals surface area contributed by atoms with Gasteiger partial charge in [0.2, 0.25) is 5.91 Å². The van der Waals surface area contributed by atoms with Crippen LogP contribution < -0.4 is 10.6 Å². The summed E-state index contributed by atoms with van der Waals surface area (Å²) in [6, 6.07) is 5.34. The summed E-state index contributed by atoms with van der Waals surface area (Å²) in [5.74, 6) is -0.582. The summed E-state index contributed by atoms with van der Waals surface area (Å²) in [7, 11) is 3.53. The highest BCUT2D eigenvalue weighted by Crippen LogP contribution is 2.19. The Bertz CT molecular complexity index is 550. The molecular formula is C15H21FN4O2. The number of benzene rings is 1.